The van der Waals surface area contributed by atoms with Crippen LogP contribution in [0.2, 0.25) is 0 Å². The lowest BCUT2D eigenvalue weighted by atomic mass is 9.78. The van der Waals surface area contributed by atoms with Gasteiger partial charge in [-0.25, -0.2) is 0 Å². The molecule has 0 unspecified atom stereocenters. The summed E-state index contributed by atoms with van der Waals surface area (Å²) in [6, 6.07) is -0.209. The summed E-state index contributed by atoms with van der Waals surface area (Å²) < 4.78 is 17.7. The van der Waals surface area contributed by atoms with Crippen LogP contribution >= 0.6 is 0 Å². The monoisotopic (exact) mass is 612 g/mol. The SMILES string of the molecule is C#CCCN(C)[C@H]1C[C@@H](C)O[C@@H](O[C@@H](C)[C@@H](C)[C@H](O)[C@@H](C)C(=O)O[C@H](CC)[C@@](C)(O)[C@H](O)[C@@H](C)C(=N)[C@H](C)CCC)[C@@H]1O. The van der Waals surface area contributed by atoms with E-state index < -0.39 is 66.1 Å². The molecule has 10 nitrogen and oxygen atoms in total. The Morgan fingerprint density at radius 2 is 1.79 bits per heavy atom. The van der Waals surface area contributed by atoms with Crippen molar-refractivity contribution in [3.63, 3.8) is 0 Å². The Bertz CT molecular complexity index is 908. The van der Waals surface area contributed by atoms with Gasteiger partial charge >= 0.3 is 5.97 Å². The van der Waals surface area contributed by atoms with Crippen LogP contribution in [0, 0.1) is 41.4 Å². The number of aliphatic hydroxyl groups is 4. The van der Waals surface area contributed by atoms with Crippen LogP contribution in [0.3, 0.4) is 0 Å². The van der Waals surface area contributed by atoms with E-state index in [4.69, 9.17) is 26.0 Å². The molecule has 0 aliphatic carbocycles. The Balaban J connectivity index is 2.89. The number of hydrogen-bond donors (Lipinski definition) is 5. The third-order valence-corrected chi connectivity index (χ3v) is 9.40. The molecule has 0 aromatic rings. The number of hydrogen-bond acceptors (Lipinski definition) is 10. The number of aliphatic hydroxyl groups excluding tert-OH is 3. The van der Waals surface area contributed by atoms with Gasteiger partial charge in [-0.15, -0.1) is 12.3 Å². The zero-order chi connectivity index (χ0) is 33.2. The summed E-state index contributed by atoms with van der Waals surface area (Å²) in [5.41, 5.74) is -1.47. The first-order valence-corrected chi connectivity index (χ1v) is 16.0. The average Bonchev–Trinajstić information content (AvgIpc) is 2.97. The minimum Gasteiger partial charge on any atom is -0.459 e. The van der Waals surface area contributed by atoms with Crippen molar-refractivity contribution in [2.45, 2.75) is 149 Å². The van der Waals surface area contributed by atoms with Crippen molar-refractivity contribution in [1.29, 1.82) is 5.41 Å². The fraction of sp³-hybridized carbons (Fsp3) is 0.879. The average molecular weight is 613 g/mol. The summed E-state index contributed by atoms with van der Waals surface area (Å²) in [5.74, 6) is -0.295. The van der Waals surface area contributed by atoms with E-state index in [1.165, 1.54) is 6.92 Å². The molecular weight excluding hydrogens is 552 g/mol. The minimum atomic E-state index is -1.82. The number of terminal acetylenes is 1. The molecule has 1 aliphatic heterocycles. The maximum atomic E-state index is 13.2. The first-order valence-electron chi connectivity index (χ1n) is 16.0. The Hall–Kier alpha value is -1.58. The van der Waals surface area contributed by atoms with Crippen LogP contribution in [0.15, 0.2) is 0 Å². The zero-order valence-electron chi connectivity index (χ0n) is 28.1. The Morgan fingerprint density at radius 1 is 1.19 bits per heavy atom. The van der Waals surface area contributed by atoms with Gasteiger partial charge in [-0.1, -0.05) is 41.0 Å². The van der Waals surface area contributed by atoms with Crippen LogP contribution in [-0.4, -0.2) is 105 Å². The van der Waals surface area contributed by atoms with Crippen molar-refractivity contribution in [3.05, 3.63) is 0 Å². The number of carbonyl (C=O) groups excluding carboxylic acids is 1. The Kier molecular flexibility index (Phi) is 16.3. The van der Waals surface area contributed by atoms with E-state index in [0.717, 1.165) is 12.8 Å². The maximum Gasteiger partial charge on any atom is 0.311 e. The van der Waals surface area contributed by atoms with Crippen LogP contribution in [0.4, 0.5) is 0 Å². The molecule has 1 saturated heterocycles. The molecule has 0 radical (unpaired) electrons. The normalized spacial score (nSPS) is 28.0. The molecule has 1 rings (SSSR count). The number of ether oxygens (including phenoxy) is 3. The van der Waals surface area contributed by atoms with Gasteiger partial charge in [0.05, 0.1) is 30.3 Å². The molecule has 0 saturated carbocycles. The lowest BCUT2D eigenvalue weighted by Gasteiger charge is -2.43. The van der Waals surface area contributed by atoms with E-state index in [0.29, 0.717) is 25.1 Å². The number of nitrogens with zero attached hydrogens (tertiary/aromatic N) is 1. The van der Waals surface area contributed by atoms with E-state index in [1.54, 1.807) is 34.6 Å². The summed E-state index contributed by atoms with van der Waals surface area (Å²) >= 11 is 0. The second kappa shape index (κ2) is 17.8. The molecular formula is C33H60N2O8. The van der Waals surface area contributed by atoms with Gasteiger partial charge in [0.2, 0.25) is 0 Å². The van der Waals surface area contributed by atoms with Crippen molar-refractivity contribution in [2.24, 2.45) is 23.7 Å². The molecule has 0 aromatic heterocycles. The number of carbonyl (C=O) groups is 1. The Morgan fingerprint density at radius 3 is 2.33 bits per heavy atom. The third-order valence-electron chi connectivity index (χ3n) is 9.40. The molecule has 1 aliphatic rings. The summed E-state index contributed by atoms with van der Waals surface area (Å²) in [5, 5.41) is 53.0. The number of nitrogens with one attached hydrogen (secondary N) is 1. The van der Waals surface area contributed by atoms with E-state index in [1.807, 2.05) is 32.7 Å². The molecule has 0 amide bonds. The molecule has 0 spiro atoms. The first-order chi connectivity index (χ1) is 20.0. The fourth-order valence-corrected chi connectivity index (χ4v) is 5.96. The van der Waals surface area contributed by atoms with Crippen molar-refractivity contribution in [2.75, 3.05) is 13.6 Å². The summed E-state index contributed by atoms with van der Waals surface area (Å²) in [4.78, 5) is 15.2. The standard InChI is InChI=1S/C33H60N2O8/c1-12-15-17-35(11)25-18-20(5)41-32(29(25)37)42-24(9)21(6)28(36)23(8)31(39)43-26(14-3)33(10,40)30(38)22(7)27(34)19(4)16-13-2/h1,19-26,28-30,32,34,36-38,40H,13-18H2,2-11H3/t19-,20-,21-,22+,23-,24+,25+,26-,28+,29-,30-,32+,33-/m1/s1. The summed E-state index contributed by atoms with van der Waals surface area (Å²) in [7, 11) is 1.90. The van der Waals surface area contributed by atoms with Crippen LogP contribution in [0.5, 0.6) is 0 Å². The van der Waals surface area contributed by atoms with Gasteiger partial charge in [-0.05, 0) is 59.9 Å². The molecule has 250 valence electrons. The topological polar surface area (TPSA) is 153 Å². The number of likely N-dealkylation sites (N-methyl/N-ethyl adjacent to an activating group) is 1. The molecule has 1 fully saturated rings. The van der Waals surface area contributed by atoms with Gasteiger partial charge in [0.1, 0.15) is 17.8 Å². The molecule has 5 N–H and O–H groups in total. The lowest BCUT2D eigenvalue weighted by Crippen LogP contribution is -2.56. The highest BCUT2D eigenvalue weighted by Gasteiger charge is 2.46. The van der Waals surface area contributed by atoms with Gasteiger partial charge in [0.15, 0.2) is 6.29 Å². The predicted octanol–water partition coefficient (Wildman–Crippen LogP) is 3.37. The third kappa shape index (κ3) is 10.5. The molecule has 1 heterocycles. The highest BCUT2D eigenvalue weighted by atomic mass is 16.7. The van der Waals surface area contributed by atoms with Crippen molar-refractivity contribution < 1.29 is 39.4 Å². The summed E-state index contributed by atoms with van der Waals surface area (Å²) in [6.07, 6.45) is 2.36. The highest BCUT2D eigenvalue weighted by molar-refractivity contribution is 5.86. The summed E-state index contributed by atoms with van der Waals surface area (Å²) in [6.45, 7) is 16.4. The fourth-order valence-electron chi connectivity index (χ4n) is 5.96. The van der Waals surface area contributed by atoms with Crippen LogP contribution in [-0.2, 0) is 19.0 Å². The molecule has 13 atom stereocenters. The maximum absolute atomic E-state index is 13.2. The quantitative estimate of drug-likeness (QED) is 0.0891. The van der Waals surface area contributed by atoms with Crippen molar-refractivity contribution in [3.8, 4) is 12.3 Å². The molecule has 43 heavy (non-hydrogen) atoms. The van der Waals surface area contributed by atoms with Crippen molar-refractivity contribution >= 4 is 11.7 Å². The second-order valence-corrected chi connectivity index (χ2v) is 13.0. The van der Waals surface area contributed by atoms with Gasteiger partial charge < -0.3 is 40.0 Å². The number of esters is 1. The van der Waals surface area contributed by atoms with Gasteiger partial charge in [0.25, 0.3) is 0 Å². The largest absolute Gasteiger partial charge is 0.459 e. The van der Waals surface area contributed by atoms with Crippen molar-refractivity contribution in [1.82, 2.24) is 4.90 Å². The van der Waals surface area contributed by atoms with Crippen LogP contribution in [0.1, 0.15) is 94.4 Å². The molecule has 10 heteroatoms. The highest BCUT2D eigenvalue weighted by Crippen LogP contribution is 2.31. The zero-order valence-corrected chi connectivity index (χ0v) is 28.1. The van der Waals surface area contributed by atoms with E-state index >= 15 is 0 Å². The van der Waals surface area contributed by atoms with Gasteiger partial charge in [-0.3, -0.25) is 9.69 Å². The van der Waals surface area contributed by atoms with E-state index in [9.17, 15) is 25.2 Å². The molecule has 0 bridgehead atoms. The number of rotatable bonds is 18. The minimum absolute atomic E-state index is 0.0440. The Labute approximate surface area is 260 Å². The van der Waals surface area contributed by atoms with Gasteiger partial charge in [0, 0.05) is 36.6 Å². The van der Waals surface area contributed by atoms with E-state index in [-0.39, 0.29) is 24.5 Å². The van der Waals surface area contributed by atoms with Crippen LogP contribution < -0.4 is 0 Å². The first kappa shape index (κ1) is 39.4. The predicted molar refractivity (Wildman–Crippen MR) is 167 cm³/mol. The van der Waals surface area contributed by atoms with Gasteiger partial charge in [-0.2, -0.15) is 0 Å². The lowest BCUT2D eigenvalue weighted by molar-refractivity contribution is -0.274. The smallest absolute Gasteiger partial charge is 0.311 e. The van der Waals surface area contributed by atoms with E-state index in [2.05, 4.69) is 5.92 Å². The van der Waals surface area contributed by atoms with Crippen LogP contribution in [0.25, 0.3) is 0 Å². The second-order valence-electron chi connectivity index (χ2n) is 13.0. The molecule has 0 aromatic carbocycles.